The fraction of sp³-hybridized carbons (Fsp3) is 0.286. The van der Waals surface area contributed by atoms with Gasteiger partial charge >= 0.3 is 5.88 Å². The minimum atomic E-state index is -0.544. The van der Waals surface area contributed by atoms with E-state index < -0.39 is 4.92 Å². The molecule has 0 amide bonds. The first-order valence-electron chi connectivity index (χ1n) is 6.19. The molecular weight excluding hydrogens is 260 g/mol. The van der Waals surface area contributed by atoms with Gasteiger partial charge in [0.05, 0.1) is 19.2 Å². The zero-order chi connectivity index (χ0) is 14.4. The molecule has 0 atom stereocenters. The number of nitrogens with one attached hydrogen (secondary N) is 1. The van der Waals surface area contributed by atoms with Gasteiger partial charge in [-0.25, -0.2) is 0 Å². The Bertz CT molecular complexity index is 580. The summed E-state index contributed by atoms with van der Waals surface area (Å²) in [7, 11) is 1.66. The van der Waals surface area contributed by atoms with Crippen LogP contribution in [0.2, 0.25) is 0 Å². The van der Waals surface area contributed by atoms with Gasteiger partial charge in [0, 0.05) is 13.7 Å². The Hall–Kier alpha value is -2.18. The van der Waals surface area contributed by atoms with Gasteiger partial charge in [0.15, 0.2) is 0 Å². The number of benzene rings is 1. The molecule has 20 heavy (non-hydrogen) atoms. The highest BCUT2D eigenvalue weighted by Gasteiger charge is 2.11. The topological polar surface area (TPSA) is 77.5 Å². The number of hydrogen-bond acceptors (Lipinski definition) is 5. The van der Waals surface area contributed by atoms with E-state index in [0.717, 1.165) is 11.1 Å². The average Bonchev–Trinajstić information content (AvgIpc) is 2.89. The Morgan fingerprint density at radius 3 is 2.75 bits per heavy atom. The van der Waals surface area contributed by atoms with Crippen LogP contribution in [0.25, 0.3) is 0 Å². The van der Waals surface area contributed by atoms with Gasteiger partial charge in [-0.05, 0) is 17.2 Å². The van der Waals surface area contributed by atoms with Crippen LogP contribution >= 0.6 is 0 Å². The van der Waals surface area contributed by atoms with Crippen molar-refractivity contribution in [2.45, 2.75) is 19.7 Å². The summed E-state index contributed by atoms with van der Waals surface area (Å²) in [6, 6.07) is 11.0. The van der Waals surface area contributed by atoms with Gasteiger partial charge < -0.3 is 14.5 Å². The van der Waals surface area contributed by atoms with Crippen LogP contribution in [-0.2, 0) is 24.4 Å². The van der Waals surface area contributed by atoms with Gasteiger partial charge in [-0.15, -0.1) is 0 Å². The predicted octanol–water partition coefficient (Wildman–Crippen LogP) is 2.62. The van der Waals surface area contributed by atoms with Crippen molar-refractivity contribution in [3.05, 3.63) is 63.4 Å². The monoisotopic (exact) mass is 276 g/mol. The highest BCUT2D eigenvalue weighted by atomic mass is 16.6. The summed E-state index contributed by atoms with van der Waals surface area (Å²) in [5.74, 6) is 0.314. The summed E-state index contributed by atoms with van der Waals surface area (Å²) >= 11 is 0. The molecule has 2 rings (SSSR count). The highest BCUT2D eigenvalue weighted by Crippen LogP contribution is 2.15. The molecule has 0 aliphatic carbocycles. The molecule has 106 valence electrons. The molecule has 0 bridgehead atoms. The van der Waals surface area contributed by atoms with Crippen molar-refractivity contribution in [3.8, 4) is 0 Å². The largest absolute Gasteiger partial charge is 0.433 e. The zero-order valence-corrected chi connectivity index (χ0v) is 11.2. The first-order chi connectivity index (χ1) is 9.69. The van der Waals surface area contributed by atoms with E-state index >= 15 is 0 Å². The van der Waals surface area contributed by atoms with Crippen molar-refractivity contribution >= 4 is 5.88 Å². The summed E-state index contributed by atoms with van der Waals surface area (Å²) in [5, 5.41) is 13.7. The van der Waals surface area contributed by atoms with Crippen molar-refractivity contribution in [2.75, 3.05) is 7.11 Å². The van der Waals surface area contributed by atoms with E-state index in [0.29, 0.717) is 25.5 Å². The highest BCUT2D eigenvalue weighted by molar-refractivity contribution is 5.23. The Labute approximate surface area is 116 Å². The Morgan fingerprint density at radius 1 is 1.25 bits per heavy atom. The minimum Gasteiger partial charge on any atom is -0.404 e. The smallest absolute Gasteiger partial charge is 0.404 e. The maximum Gasteiger partial charge on any atom is 0.433 e. The lowest BCUT2D eigenvalue weighted by molar-refractivity contribution is -0.402. The number of hydrogen-bond donors (Lipinski definition) is 1. The quantitative estimate of drug-likeness (QED) is 0.621. The first kappa shape index (κ1) is 14.2. The molecule has 0 fully saturated rings. The number of methoxy groups -OCH3 is 1. The fourth-order valence-corrected chi connectivity index (χ4v) is 1.89. The predicted molar refractivity (Wildman–Crippen MR) is 73.1 cm³/mol. The van der Waals surface area contributed by atoms with Gasteiger partial charge in [-0.2, -0.15) is 0 Å². The fourth-order valence-electron chi connectivity index (χ4n) is 1.89. The summed E-state index contributed by atoms with van der Waals surface area (Å²) in [6.45, 7) is 1.69. The molecule has 1 N–H and O–H groups in total. The van der Waals surface area contributed by atoms with Crippen molar-refractivity contribution in [3.63, 3.8) is 0 Å². The number of furan rings is 1. The summed E-state index contributed by atoms with van der Waals surface area (Å²) in [4.78, 5) is 9.94. The molecule has 2 aromatic rings. The van der Waals surface area contributed by atoms with E-state index in [9.17, 15) is 10.1 Å². The number of nitrogens with zero attached hydrogens (tertiary/aromatic N) is 1. The molecular formula is C14H16N2O4. The lowest BCUT2D eigenvalue weighted by Gasteiger charge is -2.05. The van der Waals surface area contributed by atoms with E-state index in [2.05, 4.69) is 11.4 Å². The standard InChI is InChI=1S/C14H16N2O4/c1-19-10-12-4-2-3-11(7-12)8-15-9-13-5-6-14(20-13)16(17)18/h2-7,15H,8-10H2,1H3. The van der Waals surface area contributed by atoms with Crippen LogP contribution in [0.1, 0.15) is 16.9 Å². The van der Waals surface area contributed by atoms with Gasteiger partial charge in [-0.1, -0.05) is 24.3 Å². The number of nitro groups is 1. The van der Waals surface area contributed by atoms with Crippen LogP contribution in [0.5, 0.6) is 0 Å². The molecule has 0 unspecified atom stereocenters. The van der Waals surface area contributed by atoms with Gasteiger partial charge in [0.25, 0.3) is 0 Å². The van der Waals surface area contributed by atoms with Crippen LogP contribution in [0, 0.1) is 10.1 Å². The maximum absolute atomic E-state index is 10.5. The van der Waals surface area contributed by atoms with Crippen LogP contribution in [0.4, 0.5) is 5.88 Å². The average molecular weight is 276 g/mol. The second-order valence-corrected chi connectivity index (χ2v) is 4.35. The van der Waals surface area contributed by atoms with E-state index in [4.69, 9.17) is 9.15 Å². The van der Waals surface area contributed by atoms with Crippen LogP contribution in [-0.4, -0.2) is 12.0 Å². The van der Waals surface area contributed by atoms with Crippen molar-refractivity contribution in [1.82, 2.24) is 5.32 Å². The van der Waals surface area contributed by atoms with Crippen LogP contribution in [0.15, 0.2) is 40.8 Å². The number of rotatable bonds is 7. The van der Waals surface area contributed by atoms with Gasteiger partial charge in [0.2, 0.25) is 0 Å². The van der Waals surface area contributed by atoms with E-state index in [-0.39, 0.29) is 5.88 Å². The van der Waals surface area contributed by atoms with Crippen molar-refractivity contribution < 1.29 is 14.1 Å². The Kier molecular flexibility index (Phi) is 4.86. The molecule has 0 spiro atoms. The molecule has 1 heterocycles. The minimum absolute atomic E-state index is 0.233. The summed E-state index contributed by atoms with van der Waals surface area (Å²) < 4.78 is 10.1. The maximum atomic E-state index is 10.5. The lowest BCUT2D eigenvalue weighted by Crippen LogP contribution is -2.12. The Balaban J connectivity index is 1.85. The molecule has 6 heteroatoms. The third-order valence-electron chi connectivity index (χ3n) is 2.76. The molecule has 0 saturated carbocycles. The molecule has 1 aromatic heterocycles. The SMILES string of the molecule is COCc1cccc(CNCc2ccc([N+](=O)[O-])o2)c1. The van der Waals surface area contributed by atoms with E-state index in [1.54, 1.807) is 13.2 Å². The molecule has 0 aliphatic rings. The normalized spacial score (nSPS) is 10.7. The molecule has 0 aliphatic heterocycles. The molecule has 0 saturated heterocycles. The first-order valence-corrected chi connectivity index (χ1v) is 6.19. The Morgan fingerprint density at radius 2 is 2.05 bits per heavy atom. The van der Waals surface area contributed by atoms with Crippen LogP contribution in [0.3, 0.4) is 0 Å². The number of ether oxygens (including phenoxy) is 1. The van der Waals surface area contributed by atoms with Gasteiger partial charge in [0.1, 0.15) is 10.7 Å². The van der Waals surface area contributed by atoms with Gasteiger partial charge in [-0.3, -0.25) is 10.1 Å². The van der Waals surface area contributed by atoms with E-state index in [1.807, 2.05) is 18.2 Å². The third-order valence-corrected chi connectivity index (χ3v) is 2.76. The van der Waals surface area contributed by atoms with Crippen molar-refractivity contribution in [1.29, 1.82) is 0 Å². The lowest BCUT2D eigenvalue weighted by atomic mass is 10.1. The zero-order valence-electron chi connectivity index (χ0n) is 11.2. The molecule has 1 aromatic carbocycles. The van der Waals surface area contributed by atoms with Crippen molar-refractivity contribution in [2.24, 2.45) is 0 Å². The summed E-state index contributed by atoms with van der Waals surface area (Å²) in [5.41, 5.74) is 2.24. The third kappa shape index (κ3) is 3.91. The molecule has 0 radical (unpaired) electrons. The van der Waals surface area contributed by atoms with E-state index in [1.165, 1.54) is 6.07 Å². The second kappa shape index (κ2) is 6.83. The summed E-state index contributed by atoms with van der Waals surface area (Å²) in [6.07, 6.45) is 0. The molecule has 6 nitrogen and oxygen atoms in total. The van der Waals surface area contributed by atoms with Crippen LogP contribution < -0.4 is 5.32 Å². The second-order valence-electron chi connectivity index (χ2n) is 4.35.